The van der Waals surface area contributed by atoms with E-state index in [0.717, 1.165) is 5.56 Å². The van der Waals surface area contributed by atoms with E-state index in [1.54, 1.807) is 13.1 Å². The number of nitrogens with zero attached hydrogens (tertiary/aromatic N) is 1. The van der Waals surface area contributed by atoms with E-state index in [1.165, 1.54) is 0 Å². The topological polar surface area (TPSA) is 53.4 Å². The molecule has 1 aromatic rings. The van der Waals surface area contributed by atoms with Crippen molar-refractivity contribution in [3.63, 3.8) is 0 Å². The molecule has 0 spiro atoms. The molecule has 0 amide bonds. The van der Waals surface area contributed by atoms with Gasteiger partial charge in [-0.05, 0) is 18.9 Å². The van der Waals surface area contributed by atoms with E-state index < -0.39 is 0 Å². The highest BCUT2D eigenvalue weighted by molar-refractivity contribution is 5.39. The van der Waals surface area contributed by atoms with Gasteiger partial charge in [-0.15, -0.1) is 0 Å². The van der Waals surface area contributed by atoms with Crippen LogP contribution >= 0.6 is 0 Å². The van der Waals surface area contributed by atoms with Gasteiger partial charge in [0.05, 0.1) is 12.3 Å². The van der Waals surface area contributed by atoms with Crippen LogP contribution in [0.25, 0.3) is 0 Å². The van der Waals surface area contributed by atoms with Crippen LogP contribution in [0, 0.1) is 6.92 Å². The summed E-state index contributed by atoms with van der Waals surface area (Å²) in [5.74, 6) is 0.212. The first-order chi connectivity index (χ1) is 5.70. The molecule has 0 aliphatic rings. The molecular formula is C9H13NO2. The lowest BCUT2D eigenvalue weighted by molar-refractivity contribution is 0.279. The highest BCUT2D eigenvalue weighted by atomic mass is 16.3. The number of hydrogen-bond donors (Lipinski definition) is 2. The molecule has 0 bridgehead atoms. The van der Waals surface area contributed by atoms with E-state index in [0.29, 0.717) is 17.7 Å². The molecule has 0 saturated carbocycles. The minimum atomic E-state index is -0.0730. The van der Waals surface area contributed by atoms with Crippen molar-refractivity contribution in [1.82, 2.24) is 4.98 Å². The lowest BCUT2D eigenvalue weighted by Crippen LogP contribution is -1.96. The lowest BCUT2D eigenvalue weighted by Gasteiger charge is -2.07. The second-order valence-corrected chi connectivity index (χ2v) is 2.72. The first-order valence-electron chi connectivity index (χ1n) is 3.97. The summed E-state index contributed by atoms with van der Waals surface area (Å²) in [6, 6.07) is 0. The summed E-state index contributed by atoms with van der Waals surface area (Å²) >= 11 is 0. The van der Waals surface area contributed by atoms with Crippen LogP contribution < -0.4 is 0 Å². The molecule has 0 aliphatic heterocycles. The summed E-state index contributed by atoms with van der Waals surface area (Å²) in [5.41, 5.74) is 2.10. The Morgan fingerprint density at radius 1 is 1.50 bits per heavy atom. The molecule has 1 aromatic heterocycles. The Morgan fingerprint density at radius 2 is 2.17 bits per heavy atom. The second-order valence-electron chi connectivity index (χ2n) is 2.72. The quantitative estimate of drug-likeness (QED) is 0.694. The molecule has 12 heavy (non-hydrogen) atoms. The van der Waals surface area contributed by atoms with E-state index in [9.17, 15) is 5.11 Å². The van der Waals surface area contributed by atoms with Crippen molar-refractivity contribution in [2.45, 2.75) is 26.9 Å². The fraction of sp³-hybridized carbons (Fsp3) is 0.444. The number of pyridine rings is 1. The molecular weight excluding hydrogens is 154 g/mol. The highest BCUT2D eigenvalue weighted by Crippen LogP contribution is 2.23. The highest BCUT2D eigenvalue weighted by Gasteiger charge is 2.07. The number of aryl methyl sites for hydroxylation is 1. The van der Waals surface area contributed by atoms with E-state index in [2.05, 4.69) is 4.98 Å². The lowest BCUT2D eigenvalue weighted by atomic mass is 10.1. The molecule has 0 aliphatic carbocycles. The SMILES string of the molecule is CCc1ncc(CO)c(C)c1O. The predicted molar refractivity (Wildman–Crippen MR) is 45.9 cm³/mol. The smallest absolute Gasteiger partial charge is 0.140 e. The molecule has 0 fully saturated rings. The Bertz CT molecular complexity index is 255. The average molecular weight is 167 g/mol. The number of hydrogen-bond acceptors (Lipinski definition) is 3. The van der Waals surface area contributed by atoms with Crippen molar-refractivity contribution >= 4 is 0 Å². The van der Waals surface area contributed by atoms with Crippen LogP contribution in [0.5, 0.6) is 5.75 Å². The third kappa shape index (κ3) is 1.41. The maximum absolute atomic E-state index is 9.54. The molecule has 0 saturated heterocycles. The first kappa shape index (κ1) is 9.00. The zero-order valence-corrected chi connectivity index (χ0v) is 7.33. The fourth-order valence-corrected chi connectivity index (χ4v) is 1.10. The summed E-state index contributed by atoms with van der Waals surface area (Å²) in [4.78, 5) is 4.02. The van der Waals surface area contributed by atoms with Crippen LogP contribution in [-0.4, -0.2) is 15.2 Å². The van der Waals surface area contributed by atoms with Gasteiger partial charge >= 0.3 is 0 Å². The van der Waals surface area contributed by atoms with Gasteiger partial charge in [0.25, 0.3) is 0 Å². The largest absolute Gasteiger partial charge is 0.506 e. The van der Waals surface area contributed by atoms with E-state index >= 15 is 0 Å². The standard InChI is InChI=1S/C9H13NO2/c1-3-8-9(12)6(2)7(5-11)4-10-8/h4,11-12H,3,5H2,1-2H3. The van der Waals surface area contributed by atoms with Gasteiger partial charge in [-0.25, -0.2) is 0 Å². The van der Waals surface area contributed by atoms with Crippen LogP contribution in [-0.2, 0) is 13.0 Å². The zero-order chi connectivity index (χ0) is 9.14. The summed E-state index contributed by atoms with van der Waals surface area (Å²) in [5, 5.41) is 18.4. The summed E-state index contributed by atoms with van der Waals surface area (Å²) in [7, 11) is 0. The van der Waals surface area contributed by atoms with Gasteiger partial charge in [-0.2, -0.15) is 0 Å². The molecule has 3 nitrogen and oxygen atoms in total. The molecule has 0 atom stereocenters. The van der Waals surface area contributed by atoms with E-state index in [4.69, 9.17) is 5.11 Å². The van der Waals surface area contributed by atoms with Crippen LogP contribution in [0.2, 0.25) is 0 Å². The summed E-state index contributed by atoms with van der Waals surface area (Å²) in [6.07, 6.45) is 2.31. The molecule has 3 heteroatoms. The van der Waals surface area contributed by atoms with Crippen LogP contribution in [0.1, 0.15) is 23.7 Å². The molecule has 66 valence electrons. The van der Waals surface area contributed by atoms with Crippen molar-refractivity contribution in [3.05, 3.63) is 23.0 Å². The third-order valence-electron chi connectivity index (χ3n) is 1.99. The van der Waals surface area contributed by atoms with Gasteiger partial charge in [0.2, 0.25) is 0 Å². The van der Waals surface area contributed by atoms with Gasteiger partial charge in [-0.1, -0.05) is 6.92 Å². The maximum atomic E-state index is 9.54. The van der Waals surface area contributed by atoms with Crippen LogP contribution in [0.3, 0.4) is 0 Å². The van der Waals surface area contributed by atoms with Gasteiger partial charge in [0.1, 0.15) is 5.75 Å². The number of aromatic hydroxyl groups is 1. The third-order valence-corrected chi connectivity index (χ3v) is 1.99. The summed E-state index contributed by atoms with van der Waals surface area (Å²) in [6.45, 7) is 3.64. The average Bonchev–Trinajstić information content (AvgIpc) is 2.10. The van der Waals surface area contributed by atoms with Crippen molar-refractivity contribution in [3.8, 4) is 5.75 Å². The molecule has 0 aromatic carbocycles. The van der Waals surface area contributed by atoms with E-state index in [1.807, 2.05) is 6.92 Å². The van der Waals surface area contributed by atoms with Gasteiger partial charge in [-0.3, -0.25) is 4.98 Å². The molecule has 0 radical (unpaired) electrons. The zero-order valence-electron chi connectivity index (χ0n) is 7.33. The number of aliphatic hydroxyl groups excluding tert-OH is 1. The molecule has 1 heterocycles. The predicted octanol–water partition coefficient (Wildman–Crippen LogP) is 1.15. The van der Waals surface area contributed by atoms with Crippen molar-refractivity contribution in [2.24, 2.45) is 0 Å². The minimum absolute atomic E-state index is 0.0730. The first-order valence-corrected chi connectivity index (χ1v) is 3.97. The van der Waals surface area contributed by atoms with Gasteiger partial charge in [0.15, 0.2) is 0 Å². The monoisotopic (exact) mass is 167 g/mol. The Kier molecular flexibility index (Phi) is 2.65. The number of aliphatic hydroxyl groups is 1. The maximum Gasteiger partial charge on any atom is 0.140 e. The second kappa shape index (κ2) is 3.54. The Morgan fingerprint density at radius 3 is 2.67 bits per heavy atom. The van der Waals surface area contributed by atoms with Crippen LogP contribution in [0.4, 0.5) is 0 Å². The van der Waals surface area contributed by atoms with E-state index in [-0.39, 0.29) is 12.4 Å². The Labute approximate surface area is 71.7 Å². The van der Waals surface area contributed by atoms with Crippen molar-refractivity contribution in [1.29, 1.82) is 0 Å². The molecule has 2 N–H and O–H groups in total. The fourth-order valence-electron chi connectivity index (χ4n) is 1.10. The Balaban J connectivity index is 3.20. The number of rotatable bonds is 2. The van der Waals surface area contributed by atoms with Crippen molar-refractivity contribution in [2.75, 3.05) is 0 Å². The Hall–Kier alpha value is -1.09. The molecule has 1 rings (SSSR count). The normalized spacial score (nSPS) is 10.2. The van der Waals surface area contributed by atoms with Gasteiger partial charge in [0, 0.05) is 11.8 Å². The molecule has 0 unspecified atom stereocenters. The number of aromatic nitrogens is 1. The van der Waals surface area contributed by atoms with Gasteiger partial charge < -0.3 is 10.2 Å². The minimum Gasteiger partial charge on any atom is -0.506 e. The van der Waals surface area contributed by atoms with Crippen molar-refractivity contribution < 1.29 is 10.2 Å². The van der Waals surface area contributed by atoms with Crippen LogP contribution in [0.15, 0.2) is 6.20 Å². The summed E-state index contributed by atoms with van der Waals surface area (Å²) < 4.78 is 0.